The Hall–Kier alpha value is -3.16. The molecule has 174 valence electrons. The monoisotopic (exact) mass is 498 g/mol. The molecule has 0 unspecified atom stereocenters. The number of nitrogens with zero attached hydrogens (tertiary/aromatic N) is 1. The highest BCUT2D eigenvalue weighted by atomic mass is 35.5. The topological polar surface area (TPSA) is 92.8 Å². The summed E-state index contributed by atoms with van der Waals surface area (Å²) in [4.78, 5) is 51.8. The molecule has 0 radical (unpaired) electrons. The number of ether oxygens (including phenoxy) is 1. The van der Waals surface area contributed by atoms with E-state index in [0.717, 1.165) is 6.42 Å². The van der Waals surface area contributed by atoms with Crippen molar-refractivity contribution in [3.8, 4) is 0 Å². The molecule has 0 spiro atoms. The molecule has 2 aromatic rings. The Balaban J connectivity index is 1.21. The Morgan fingerprint density at radius 3 is 2.50 bits per heavy atom. The zero-order valence-electron chi connectivity index (χ0n) is 18.1. The van der Waals surface area contributed by atoms with Crippen molar-refractivity contribution >= 4 is 58.3 Å². The van der Waals surface area contributed by atoms with Gasteiger partial charge in [-0.3, -0.25) is 19.3 Å². The molecule has 2 fully saturated rings. The summed E-state index contributed by atoms with van der Waals surface area (Å²) in [6.07, 6.45) is 2.99. The van der Waals surface area contributed by atoms with Crippen LogP contribution in [-0.2, 0) is 19.1 Å². The lowest BCUT2D eigenvalue weighted by Gasteiger charge is -2.19. The van der Waals surface area contributed by atoms with E-state index in [1.165, 1.54) is 22.6 Å². The van der Waals surface area contributed by atoms with Crippen LogP contribution >= 0.6 is 23.2 Å². The first kappa shape index (κ1) is 22.6. The summed E-state index contributed by atoms with van der Waals surface area (Å²) < 4.78 is 5.07. The summed E-state index contributed by atoms with van der Waals surface area (Å²) in [6.45, 7) is 1.50. The van der Waals surface area contributed by atoms with Crippen molar-refractivity contribution in [2.24, 2.45) is 23.7 Å². The van der Waals surface area contributed by atoms with Crippen LogP contribution in [0.5, 0.6) is 0 Å². The number of carbonyl (C=O) groups is 4. The van der Waals surface area contributed by atoms with E-state index < -0.39 is 18.5 Å². The van der Waals surface area contributed by atoms with Crippen molar-refractivity contribution in [2.75, 3.05) is 16.8 Å². The van der Waals surface area contributed by atoms with Gasteiger partial charge in [0.05, 0.1) is 38.8 Å². The van der Waals surface area contributed by atoms with Crippen LogP contribution in [0.1, 0.15) is 23.7 Å². The van der Waals surface area contributed by atoms with E-state index in [2.05, 4.69) is 11.4 Å². The second-order valence-corrected chi connectivity index (χ2v) is 9.54. The van der Waals surface area contributed by atoms with E-state index >= 15 is 0 Å². The summed E-state index contributed by atoms with van der Waals surface area (Å²) in [6, 6.07) is 10.8. The minimum atomic E-state index is -0.715. The highest BCUT2D eigenvalue weighted by Gasteiger charge is 2.60. The SMILES string of the molecule is CC1=C[C@H]2C[C@H]1[C@@H]1C(=O)N(c3ccc(C(=O)OCC(=O)Nc4cccc(Cl)c4Cl)cc3)C(=O)[C@H]12. The first-order chi connectivity index (χ1) is 16.3. The fourth-order valence-corrected chi connectivity index (χ4v) is 5.62. The van der Waals surface area contributed by atoms with Crippen LogP contribution in [0.25, 0.3) is 0 Å². The number of anilines is 2. The standard InChI is InChI=1S/C25H20Cl2N2O5/c1-12-9-14-10-16(12)21-20(14)23(31)29(24(21)32)15-7-5-13(6-8-15)25(33)34-11-19(30)28-18-4-2-3-17(26)22(18)27/h2-9,14,16,20-21H,10-11H2,1H3,(H,28,30)/t14-,16+,20-,21-/m0/s1. The molecule has 2 aromatic carbocycles. The predicted octanol–water partition coefficient (Wildman–Crippen LogP) is 4.49. The Bertz CT molecular complexity index is 1260. The number of hydrogen-bond donors (Lipinski definition) is 1. The molecule has 7 nitrogen and oxygen atoms in total. The molecule has 1 heterocycles. The Morgan fingerprint density at radius 2 is 1.76 bits per heavy atom. The predicted molar refractivity (Wildman–Crippen MR) is 127 cm³/mol. The molecule has 4 atom stereocenters. The molecular weight excluding hydrogens is 479 g/mol. The van der Waals surface area contributed by atoms with Gasteiger partial charge in [-0.15, -0.1) is 0 Å². The average Bonchev–Trinajstić information content (AvgIpc) is 3.45. The van der Waals surface area contributed by atoms with Crippen molar-refractivity contribution in [3.63, 3.8) is 0 Å². The molecule has 3 amide bonds. The van der Waals surface area contributed by atoms with E-state index in [0.29, 0.717) is 11.4 Å². The molecule has 5 rings (SSSR count). The van der Waals surface area contributed by atoms with Crippen molar-refractivity contribution in [1.82, 2.24) is 0 Å². The number of rotatable bonds is 5. The summed E-state index contributed by atoms with van der Waals surface area (Å²) in [5.74, 6) is -1.98. The van der Waals surface area contributed by atoms with Crippen LogP contribution in [0.4, 0.5) is 11.4 Å². The van der Waals surface area contributed by atoms with E-state index in [1.807, 2.05) is 6.92 Å². The molecule has 9 heteroatoms. The third kappa shape index (κ3) is 3.69. The van der Waals surface area contributed by atoms with E-state index in [1.54, 1.807) is 30.3 Å². The van der Waals surface area contributed by atoms with Gasteiger partial charge in [-0.2, -0.15) is 0 Å². The number of benzene rings is 2. The molecule has 1 saturated carbocycles. The number of amides is 3. The van der Waals surface area contributed by atoms with Gasteiger partial charge in [-0.1, -0.05) is 40.9 Å². The number of carbonyl (C=O) groups excluding carboxylic acids is 4. The van der Waals surface area contributed by atoms with Gasteiger partial charge in [0.1, 0.15) is 0 Å². The third-order valence-electron chi connectivity index (χ3n) is 6.80. The molecule has 1 saturated heterocycles. The maximum absolute atomic E-state index is 13.0. The van der Waals surface area contributed by atoms with Crippen LogP contribution in [-0.4, -0.2) is 30.3 Å². The number of fused-ring (bicyclic) bond motifs is 5. The van der Waals surface area contributed by atoms with Gasteiger partial charge in [0.2, 0.25) is 11.8 Å². The first-order valence-corrected chi connectivity index (χ1v) is 11.6. The molecule has 34 heavy (non-hydrogen) atoms. The number of nitrogens with one attached hydrogen (secondary N) is 1. The largest absolute Gasteiger partial charge is 0.452 e. The van der Waals surface area contributed by atoms with Gasteiger partial charge in [0.15, 0.2) is 6.61 Å². The van der Waals surface area contributed by atoms with Crippen molar-refractivity contribution in [2.45, 2.75) is 13.3 Å². The van der Waals surface area contributed by atoms with E-state index in [4.69, 9.17) is 27.9 Å². The van der Waals surface area contributed by atoms with Gasteiger partial charge in [-0.25, -0.2) is 4.79 Å². The molecule has 3 aliphatic rings. The normalized spacial score (nSPS) is 24.8. The van der Waals surface area contributed by atoms with E-state index in [-0.39, 0.29) is 51.1 Å². The Morgan fingerprint density at radius 1 is 1.06 bits per heavy atom. The number of halogens is 2. The quantitative estimate of drug-likeness (QED) is 0.372. The molecule has 2 aliphatic carbocycles. The summed E-state index contributed by atoms with van der Waals surface area (Å²) in [5.41, 5.74) is 2.11. The second kappa shape index (κ2) is 8.56. The lowest BCUT2D eigenvalue weighted by Crippen LogP contribution is -2.33. The lowest BCUT2D eigenvalue weighted by molar-refractivity contribution is -0.123. The van der Waals surface area contributed by atoms with Crippen LogP contribution in [0.2, 0.25) is 10.0 Å². The molecular formula is C25H20Cl2N2O5. The first-order valence-electron chi connectivity index (χ1n) is 10.8. The van der Waals surface area contributed by atoms with Gasteiger partial charge in [-0.05, 0) is 61.6 Å². The summed E-state index contributed by atoms with van der Waals surface area (Å²) >= 11 is 12.0. The summed E-state index contributed by atoms with van der Waals surface area (Å²) in [7, 11) is 0. The summed E-state index contributed by atoms with van der Waals surface area (Å²) in [5, 5.41) is 3.00. The smallest absolute Gasteiger partial charge is 0.338 e. The third-order valence-corrected chi connectivity index (χ3v) is 7.62. The van der Waals surface area contributed by atoms with Crippen LogP contribution < -0.4 is 10.2 Å². The molecule has 2 bridgehead atoms. The maximum Gasteiger partial charge on any atom is 0.338 e. The fourth-order valence-electron chi connectivity index (χ4n) is 5.28. The van der Waals surface area contributed by atoms with Gasteiger partial charge in [0, 0.05) is 0 Å². The van der Waals surface area contributed by atoms with E-state index in [9.17, 15) is 19.2 Å². The zero-order chi connectivity index (χ0) is 24.1. The van der Waals surface area contributed by atoms with Crippen LogP contribution in [0, 0.1) is 23.7 Å². The fraction of sp³-hybridized carbons (Fsp3) is 0.280. The highest BCUT2D eigenvalue weighted by Crippen LogP contribution is 2.55. The van der Waals surface area contributed by atoms with Gasteiger partial charge >= 0.3 is 5.97 Å². The Labute approximate surface area is 205 Å². The lowest BCUT2D eigenvalue weighted by atomic mass is 9.82. The minimum absolute atomic E-state index is 0.124. The van der Waals surface area contributed by atoms with Crippen molar-refractivity contribution in [3.05, 3.63) is 69.7 Å². The van der Waals surface area contributed by atoms with Crippen LogP contribution in [0.3, 0.4) is 0 Å². The zero-order valence-corrected chi connectivity index (χ0v) is 19.6. The molecule has 1 N–H and O–H groups in total. The minimum Gasteiger partial charge on any atom is -0.452 e. The number of imide groups is 1. The number of allylic oxidation sites excluding steroid dienone is 2. The number of hydrogen-bond acceptors (Lipinski definition) is 5. The van der Waals surface area contributed by atoms with Gasteiger partial charge < -0.3 is 10.1 Å². The maximum atomic E-state index is 13.0. The Kier molecular flexibility index (Phi) is 5.70. The van der Waals surface area contributed by atoms with Gasteiger partial charge in [0.25, 0.3) is 5.91 Å². The van der Waals surface area contributed by atoms with Crippen molar-refractivity contribution in [1.29, 1.82) is 0 Å². The van der Waals surface area contributed by atoms with Crippen molar-refractivity contribution < 1.29 is 23.9 Å². The average molecular weight is 499 g/mol. The van der Waals surface area contributed by atoms with Crippen LogP contribution in [0.15, 0.2) is 54.1 Å². The second-order valence-electron chi connectivity index (χ2n) is 8.75. The molecule has 0 aromatic heterocycles. The highest BCUT2D eigenvalue weighted by molar-refractivity contribution is 6.44. The molecule has 1 aliphatic heterocycles. The number of esters is 1.